The molecule has 0 atom stereocenters. The van der Waals surface area contributed by atoms with Crippen LogP contribution in [0.15, 0.2) is 20.0 Å². The molecular weight excluding hydrogens is 368 g/mol. The number of carboxylic acid groups (broad SMARTS) is 1. The number of amides is 1. The Balaban J connectivity index is 1.91. The van der Waals surface area contributed by atoms with Gasteiger partial charge in [-0.05, 0) is 28.8 Å². The highest BCUT2D eigenvalue weighted by Crippen LogP contribution is 2.28. The second-order valence-electron chi connectivity index (χ2n) is 4.52. The van der Waals surface area contributed by atoms with Crippen molar-refractivity contribution in [2.24, 2.45) is 5.92 Å². The fourth-order valence-corrected chi connectivity index (χ4v) is 3.55. The zero-order valence-corrected chi connectivity index (χ0v) is 13.2. The largest absolute Gasteiger partial charge is 0.475 e. The van der Waals surface area contributed by atoms with E-state index in [2.05, 4.69) is 26.0 Å². The van der Waals surface area contributed by atoms with Crippen LogP contribution in [-0.2, 0) is 14.8 Å². The van der Waals surface area contributed by atoms with Crippen molar-refractivity contribution in [2.75, 3.05) is 13.1 Å². The third-order valence-electron chi connectivity index (χ3n) is 2.82. The summed E-state index contributed by atoms with van der Waals surface area (Å²) >= 11 is 2.86. The molecule has 0 saturated heterocycles. The third kappa shape index (κ3) is 4.05. The molecule has 1 fully saturated rings. The standard InChI is InChI=1S/C11H13BrN2O6S/c12-9-8(5-7(20-9)11(16)17)21(18,19)14-4-3-13-10(15)6-1-2-6/h5-6,14H,1-4H2,(H,13,15)(H,16,17). The minimum absolute atomic E-state index is 0.000812. The molecule has 1 amide bonds. The van der Waals surface area contributed by atoms with Crippen molar-refractivity contribution in [3.8, 4) is 0 Å². The van der Waals surface area contributed by atoms with Gasteiger partial charge in [0.15, 0.2) is 4.67 Å². The number of halogens is 1. The number of carbonyl (C=O) groups is 2. The number of carbonyl (C=O) groups excluding carboxylic acids is 1. The maximum Gasteiger partial charge on any atom is 0.371 e. The topological polar surface area (TPSA) is 126 Å². The summed E-state index contributed by atoms with van der Waals surface area (Å²) in [6, 6.07) is 0.914. The van der Waals surface area contributed by atoms with E-state index < -0.39 is 21.8 Å². The molecule has 0 spiro atoms. The Bertz CT molecular complexity index is 664. The van der Waals surface area contributed by atoms with Gasteiger partial charge in [0, 0.05) is 25.1 Å². The van der Waals surface area contributed by atoms with E-state index >= 15 is 0 Å². The molecule has 1 aromatic rings. The molecule has 116 valence electrons. The van der Waals surface area contributed by atoms with Crippen LogP contribution in [-0.4, -0.2) is 38.5 Å². The van der Waals surface area contributed by atoms with E-state index in [1.165, 1.54) is 0 Å². The Kier molecular flexibility index (Phi) is 4.69. The molecule has 2 rings (SSSR count). The molecule has 8 nitrogen and oxygen atoms in total. The SMILES string of the molecule is O=C(O)c1cc(S(=O)(=O)NCCNC(=O)C2CC2)c(Br)o1. The molecular formula is C11H13BrN2O6S. The van der Waals surface area contributed by atoms with E-state index in [4.69, 9.17) is 9.52 Å². The highest BCUT2D eigenvalue weighted by atomic mass is 79.9. The normalized spacial score (nSPS) is 14.9. The summed E-state index contributed by atoms with van der Waals surface area (Å²) in [5.74, 6) is -1.87. The van der Waals surface area contributed by atoms with E-state index in [1.807, 2.05) is 0 Å². The average Bonchev–Trinajstić information content (AvgIpc) is 3.16. The molecule has 1 saturated carbocycles. The second kappa shape index (κ2) is 6.16. The lowest BCUT2D eigenvalue weighted by Gasteiger charge is -2.06. The van der Waals surface area contributed by atoms with Gasteiger partial charge in [0.25, 0.3) is 0 Å². The van der Waals surface area contributed by atoms with Crippen LogP contribution in [0.2, 0.25) is 0 Å². The van der Waals surface area contributed by atoms with Gasteiger partial charge in [0.1, 0.15) is 4.90 Å². The summed E-state index contributed by atoms with van der Waals surface area (Å²) in [6.45, 7) is 0.163. The molecule has 1 aromatic heterocycles. The summed E-state index contributed by atoms with van der Waals surface area (Å²) < 4.78 is 30.8. The van der Waals surface area contributed by atoms with E-state index in [1.54, 1.807) is 0 Å². The van der Waals surface area contributed by atoms with Crippen LogP contribution in [0.3, 0.4) is 0 Å². The van der Waals surface area contributed by atoms with Crippen molar-refractivity contribution in [1.82, 2.24) is 10.0 Å². The van der Waals surface area contributed by atoms with Gasteiger partial charge < -0.3 is 14.8 Å². The highest BCUT2D eigenvalue weighted by molar-refractivity contribution is 9.10. The first kappa shape index (κ1) is 16.0. The van der Waals surface area contributed by atoms with Gasteiger partial charge >= 0.3 is 5.97 Å². The van der Waals surface area contributed by atoms with Crippen molar-refractivity contribution in [1.29, 1.82) is 0 Å². The van der Waals surface area contributed by atoms with Crippen molar-refractivity contribution in [3.63, 3.8) is 0 Å². The summed E-state index contributed by atoms with van der Waals surface area (Å²) in [7, 11) is -3.91. The van der Waals surface area contributed by atoms with Crippen LogP contribution in [0.1, 0.15) is 23.4 Å². The Hall–Kier alpha value is -1.39. The number of furan rings is 1. The van der Waals surface area contributed by atoms with Gasteiger partial charge in [0.2, 0.25) is 21.7 Å². The lowest BCUT2D eigenvalue weighted by Crippen LogP contribution is -2.35. The lowest BCUT2D eigenvalue weighted by atomic mass is 10.4. The van der Waals surface area contributed by atoms with Crippen LogP contribution in [0.5, 0.6) is 0 Å². The summed E-state index contributed by atoms with van der Waals surface area (Å²) in [4.78, 5) is 21.8. The monoisotopic (exact) mass is 380 g/mol. The fraction of sp³-hybridized carbons (Fsp3) is 0.455. The number of aromatic carboxylic acids is 1. The first-order valence-electron chi connectivity index (χ1n) is 6.11. The quantitative estimate of drug-likeness (QED) is 0.592. The van der Waals surface area contributed by atoms with Crippen LogP contribution in [0.25, 0.3) is 0 Å². The van der Waals surface area contributed by atoms with E-state index in [0.29, 0.717) is 0 Å². The Morgan fingerprint density at radius 1 is 1.38 bits per heavy atom. The van der Waals surface area contributed by atoms with Crippen LogP contribution in [0.4, 0.5) is 0 Å². The maximum atomic E-state index is 12.0. The molecule has 3 N–H and O–H groups in total. The van der Waals surface area contributed by atoms with Gasteiger partial charge in [-0.15, -0.1) is 0 Å². The van der Waals surface area contributed by atoms with Crippen LogP contribution >= 0.6 is 15.9 Å². The molecule has 0 aliphatic heterocycles. The smallest absolute Gasteiger partial charge is 0.371 e. The maximum absolute atomic E-state index is 12.0. The first-order valence-corrected chi connectivity index (χ1v) is 8.39. The summed E-state index contributed by atoms with van der Waals surface area (Å²) in [5, 5.41) is 11.4. The zero-order valence-electron chi connectivity index (χ0n) is 10.8. The fourth-order valence-electron chi connectivity index (χ4n) is 1.58. The number of sulfonamides is 1. The number of nitrogens with one attached hydrogen (secondary N) is 2. The minimum Gasteiger partial charge on any atom is -0.475 e. The van der Waals surface area contributed by atoms with Gasteiger partial charge in [-0.2, -0.15) is 0 Å². The molecule has 1 aliphatic rings. The van der Waals surface area contributed by atoms with Crippen molar-refractivity contribution < 1.29 is 27.5 Å². The zero-order chi connectivity index (χ0) is 15.6. The van der Waals surface area contributed by atoms with E-state index in [9.17, 15) is 18.0 Å². The van der Waals surface area contributed by atoms with Gasteiger partial charge in [0.05, 0.1) is 0 Å². The highest BCUT2D eigenvalue weighted by Gasteiger charge is 2.29. The lowest BCUT2D eigenvalue weighted by molar-refractivity contribution is -0.122. The molecule has 21 heavy (non-hydrogen) atoms. The van der Waals surface area contributed by atoms with Crippen molar-refractivity contribution in [2.45, 2.75) is 17.7 Å². The molecule has 0 unspecified atom stereocenters. The Morgan fingerprint density at radius 2 is 2.05 bits per heavy atom. The molecule has 1 heterocycles. The van der Waals surface area contributed by atoms with Crippen molar-refractivity contribution >= 4 is 37.8 Å². The number of hydrogen-bond acceptors (Lipinski definition) is 5. The predicted molar refractivity (Wildman–Crippen MR) is 74.3 cm³/mol. The minimum atomic E-state index is -3.91. The first-order chi connectivity index (χ1) is 9.81. The molecule has 1 aliphatic carbocycles. The van der Waals surface area contributed by atoms with Gasteiger partial charge in [-0.3, -0.25) is 4.79 Å². The Morgan fingerprint density at radius 3 is 2.57 bits per heavy atom. The Labute approximate surface area is 129 Å². The molecule has 0 bridgehead atoms. The number of rotatable bonds is 7. The van der Waals surface area contributed by atoms with E-state index in [0.717, 1.165) is 18.9 Å². The van der Waals surface area contributed by atoms with Crippen LogP contribution in [0, 0.1) is 5.92 Å². The number of hydrogen-bond donors (Lipinski definition) is 3. The van der Waals surface area contributed by atoms with Gasteiger partial charge in [-0.25, -0.2) is 17.9 Å². The van der Waals surface area contributed by atoms with E-state index in [-0.39, 0.29) is 34.5 Å². The van der Waals surface area contributed by atoms with Crippen molar-refractivity contribution in [3.05, 3.63) is 16.5 Å². The molecule has 0 aromatic carbocycles. The number of carboxylic acids is 1. The summed E-state index contributed by atoms with van der Waals surface area (Å²) in [5.41, 5.74) is 0. The average molecular weight is 381 g/mol. The molecule has 0 radical (unpaired) electrons. The summed E-state index contributed by atoms with van der Waals surface area (Å²) in [6.07, 6.45) is 1.75. The second-order valence-corrected chi connectivity index (χ2v) is 6.97. The predicted octanol–water partition coefficient (Wildman–Crippen LogP) is 0.545. The third-order valence-corrected chi connectivity index (χ3v) is 5.14. The van der Waals surface area contributed by atoms with Gasteiger partial charge in [-0.1, -0.05) is 0 Å². The molecule has 10 heteroatoms. The van der Waals surface area contributed by atoms with Crippen LogP contribution < -0.4 is 10.0 Å².